The molecule has 0 heterocycles. The van der Waals surface area contributed by atoms with E-state index in [1.807, 2.05) is 12.1 Å². The Labute approximate surface area is 278 Å². The maximum atomic E-state index is 14.7. The molecule has 4 aromatic carbocycles. The van der Waals surface area contributed by atoms with Crippen molar-refractivity contribution in [2.45, 2.75) is 24.0 Å². The monoisotopic (exact) mass is 654 g/mol. The van der Waals surface area contributed by atoms with Crippen molar-refractivity contribution < 1.29 is 48.2 Å². The lowest BCUT2D eigenvalue weighted by atomic mass is 9.66. The van der Waals surface area contributed by atoms with Crippen LogP contribution in [-0.2, 0) is 12.0 Å². The van der Waals surface area contributed by atoms with Crippen LogP contribution in [0.15, 0.2) is 72.8 Å². The molecular formula is C38H38O10. The molecule has 0 aromatic heterocycles. The van der Waals surface area contributed by atoms with Gasteiger partial charge in [-0.25, -0.2) is 0 Å². The second-order valence-corrected chi connectivity index (χ2v) is 11.9. The van der Waals surface area contributed by atoms with E-state index in [1.165, 1.54) is 54.8 Å². The van der Waals surface area contributed by atoms with Crippen LogP contribution < -0.4 is 28.4 Å². The van der Waals surface area contributed by atoms with Crippen molar-refractivity contribution in [1.29, 1.82) is 0 Å². The van der Waals surface area contributed by atoms with Crippen LogP contribution in [0, 0.1) is 11.8 Å². The normalized spacial score (nSPS) is 21.6. The van der Waals surface area contributed by atoms with Gasteiger partial charge >= 0.3 is 0 Å². The second-order valence-electron chi connectivity index (χ2n) is 11.9. The molecule has 10 nitrogen and oxygen atoms in total. The quantitative estimate of drug-likeness (QED) is 0.162. The van der Waals surface area contributed by atoms with E-state index < -0.39 is 41.0 Å². The maximum Gasteiger partial charge on any atom is 0.203 e. The Bertz CT molecular complexity index is 1830. The van der Waals surface area contributed by atoms with Crippen molar-refractivity contribution in [3.05, 3.63) is 106 Å². The Kier molecular flexibility index (Phi) is 8.80. The number of aliphatic hydroxyl groups is 2. The van der Waals surface area contributed by atoms with Crippen molar-refractivity contribution >= 4 is 11.6 Å². The number of methoxy groups -OCH3 is 6. The molecule has 0 saturated carbocycles. The molecule has 2 N–H and O–H groups in total. The maximum absolute atomic E-state index is 14.7. The zero-order valence-corrected chi connectivity index (χ0v) is 27.6. The first kappa shape index (κ1) is 32.9. The van der Waals surface area contributed by atoms with Gasteiger partial charge in [-0.1, -0.05) is 48.5 Å². The van der Waals surface area contributed by atoms with Gasteiger partial charge in [0.05, 0.1) is 54.7 Å². The van der Waals surface area contributed by atoms with Crippen molar-refractivity contribution in [2.24, 2.45) is 11.8 Å². The van der Waals surface area contributed by atoms with Crippen LogP contribution >= 0.6 is 0 Å². The summed E-state index contributed by atoms with van der Waals surface area (Å²) >= 11 is 0. The van der Waals surface area contributed by atoms with Crippen molar-refractivity contribution in [3.63, 3.8) is 0 Å². The van der Waals surface area contributed by atoms with Crippen molar-refractivity contribution in [2.75, 3.05) is 42.7 Å². The van der Waals surface area contributed by atoms with Crippen LogP contribution in [0.1, 0.15) is 55.0 Å². The summed E-state index contributed by atoms with van der Waals surface area (Å²) in [5.74, 6) is -2.42. The first-order chi connectivity index (χ1) is 23.2. The van der Waals surface area contributed by atoms with Gasteiger partial charge in [-0.2, -0.15) is 0 Å². The number of ether oxygens (including phenoxy) is 6. The molecule has 2 aliphatic rings. The molecular weight excluding hydrogens is 616 g/mol. The Morgan fingerprint density at radius 1 is 0.750 bits per heavy atom. The highest BCUT2D eigenvalue weighted by molar-refractivity contribution is 6.20. The molecule has 6 rings (SSSR count). The highest BCUT2D eigenvalue weighted by Crippen LogP contribution is 2.60. The number of fused-ring (bicyclic) bond motifs is 2. The van der Waals surface area contributed by atoms with Gasteiger partial charge in [0.25, 0.3) is 0 Å². The number of carbonyl (C=O) groups excluding carboxylic acids is 2. The lowest BCUT2D eigenvalue weighted by Gasteiger charge is -2.41. The van der Waals surface area contributed by atoms with E-state index in [9.17, 15) is 19.8 Å². The predicted molar refractivity (Wildman–Crippen MR) is 176 cm³/mol. The summed E-state index contributed by atoms with van der Waals surface area (Å²) in [7, 11) is 8.80. The molecule has 0 amide bonds. The largest absolute Gasteiger partial charge is 0.493 e. The number of ketones is 2. The molecule has 48 heavy (non-hydrogen) atoms. The number of aliphatic hydroxyl groups excluding tert-OH is 1. The molecule has 0 fully saturated rings. The summed E-state index contributed by atoms with van der Waals surface area (Å²) < 4.78 is 33.1. The molecule has 0 bridgehead atoms. The van der Waals surface area contributed by atoms with Gasteiger partial charge in [-0.3, -0.25) is 9.59 Å². The van der Waals surface area contributed by atoms with Gasteiger partial charge in [0.1, 0.15) is 5.60 Å². The molecule has 5 atom stereocenters. The van der Waals surface area contributed by atoms with Crippen LogP contribution in [0.4, 0.5) is 0 Å². The van der Waals surface area contributed by atoms with Gasteiger partial charge < -0.3 is 38.6 Å². The highest BCUT2D eigenvalue weighted by Gasteiger charge is 2.61. The molecule has 0 saturated heterocycles. The first-order valence-electron chi connectivity index (χ1n) is 15.4. The smallest absolute Gasteiger partial charge is 0.203 e. The molecule has 250 valence electrons. The van der Waals surface area contributed by atoms with Crippen LogP contribution in [0.3, 0.4) is 0 Å². The van der Waals surface area contributed by atoms with E-state index >= 15 is 0 Å². The van der Waals surface area contributed by atoms with Crippen LogP contribution in [-0.4, -0.2) is 64.4 Å². The van der Waals surface area contributed by atoms with E-state index in [-0.39, 0.29) is 23.5 Å². The third kappa shape index (κ3) is 4.94. The van der Waals surface area contributed by atoms with Gasteiger partial charge in [-0.15, -0.1) is 0 Å². The summed E-state index contributed by atoms with van der Waals surface area (Å²) in [6.45, 7) is 0. The van der Waals surface area contributed by atoms with E-state index in [2.05, 4.69) is 0 Å². The minimum Gasteiger partial charge on any atom is -0.493 e. The zero-order valence-electron chi connectivity index (χ0n) is 27.6. The van der Waals surface area contributed by atoms with Gasteiger partial charge in [-0.05, 0) is 52.9 Å². The molecule has 4 aromatic rings. The van der Waals surface area contributed by atoms with E-state index in [0.29, 0.717) is 45.3 Å². The summed E-state index contributed by atoms with van der Waals surface area (Å²) in [5.41, 5.74) is 0.885. The highest BCUT2D eigenvalue weighted by atomic mass is 16.5. The number of benzene rings is 4. The average Bonchev–Trinajstić information content (AvgIpc) is 3.60. The molecule has 0 aliphatic heterocycles. The minimum absolute atomic E-state index is 0.150. The van der Waals surface area contributed by atoms with Crippen LogP contribution in [0.2, 0.25) is 0 Å². The summed E-state index contributed by atoms with van der Waals surface area (Å²) in [6.07, 6.45) is -1.02. The Hall–Kier alpha value is -5.06. The number of hydrogen-bond donors (Lipinski definition) is 2. The van der Waals surface area contributed by atoms with E-state index in [4.69, 9.17) is 28.4 Å². The van der Waals surface area contributed by atoms with Gasteiger partial charge in [0, 0.05) is 23.0 Å². The van der Waals surface area contributed by atoms with Crippen molar-refractivity contribution in [1.82, 2.24) is 0 Å². The standard InChI is InChI=1S/C38H38O10/c1-43-27-16-21(17-28(44-2)36(27)47-5)33(39)26-15-20-11-7-10-14-25(20)38(26,42)32-23-12-8-9-13-24(23)35(41)31(32)34(40)22-18-29(45-3)37(48-6)30(19-22)46-4/h7-14,16-19,26,31-33,39,42H,15H2,1-6H3. The fourth-order valence-electron chi connectivity index (χ4n) is 7.59. The number of rotatable bonds is 11. The van der Waals surface area contributed by atoms with Gasteiger partial charge in [0.2, 0.25) is 11.5 Å². The van der Waals surface area contributed by atoms with E-state index in [1.54, 1.807) is 48.5 Å². The molecule has 10 heteroatoms. The first-order valence-corrected chi connectivity index (χ1v) is 15.4. The Morgan fingerprint density at radius 2 is 1.27 bits per heavy atom. The second kappa shape index (κ2) is 12.9. The number of carbonyl (C=O) groups is 2. The van der Waals surface area contributed by atoms with Crippen LogP contribution in [0.25, 0.3) is 0 Å². The van der Waals surface area contributed by atoms with E-state index in [0.717, 1.165) is 5.56 Å². The lowest BCUT2D eigenvalue weighted by molar-refractivity contribution is -0.0907. The molecule has 0 radical (unpaired) electrons. The van der Waals surface area contributed by atoms with Crippen molar-refractivity contribution in [3.8, 4) is 34.5 Å². The zero-order chi connectivity index (χ0) is 34.3. The predicted octanol–water partition coefficient (Wildman–Crippen LogP) is 5.31. The average molecular weight is 655 g/mol. The third-order valence-corrected chi connectivity index (χ3v) is 9.75. The Balaban J connectivity index is 1.55. The molecule has 5 unspecified atom stereocenters. The van der Waals surface area contributed by atoms with Gasteiger partial charge in [0.15, 0.2) is 34.6 Å². The fourth-order valence-corrected chi connectivity index (χ4v) is 7.59. The minimum atomic E-state index is -1.88. The summed E-state index contributed by atoms with van der Waals surface area (Å²) in [5, 5.41) is 25.5. The topological polar surface area (TPSA) is 130 Å². The number of hydrogen-bond acceptors (Lipinski definition) is 10. The molecule has 2 aliphatic carbocycles. The third-order valence-electron chi connectivity index (χ3n) is 9.75. The SMILES string of the molecule is COc1cc(C(=O)C2C(=O)c3ccccc3C2C2(O)c3ccccc3CC2C(O)c2cc(OC)c(OC)c(OC)c2)cc(OC)c1OC. The summed E-state index contributed by atoms with van der Waals surface area (Å²) in [4.78, 5) is 29.0. The summed E-state index contributed by atoms with van der Waals surface area (Å²) in [6, 6.07) is 20.6. The Morgan fingerprint density at radius 3 is 1.83 bits per heavy atom. The number of Topliss-reactive ketones (excluding diaryl/α,β-unsaturated/α-hetero) is 2. The lowest BCUT2D eigenvalue weighted by Crippen LogP contribution is -2.45. The fraction of sp³-hybridized carbons (Fsp3) is 0.316. The molecule has 0 spiro atoms. The van der Waals surface area contributed by atoms with Crippen LogP contribution in [0.5, 0.6) is 34.5 Å².